The first-order chi connectivity index (χ1) is 8.72. The van der Waals surface area contributed by atoms with Crippen LogP contribution in [0.2, 0.25) is 0 Å². The van der Waals surface area contributed by atoms with Gasteiger partial charge in [0.05, 0.1) is 0 Å². The Morgan fingerprint density at radius 2 is 2.06 bits per heavy atom. The molecule has 0 atom stereocenters. The topological polar surface area (TPSA) is 17.0 Å². The maximum absolute atomic E-state index is 3.23. The van der Waals surface area contributed by atoms with Crippen LogP contribution in [-0.4, -0.2) is 11.6 Å². The van der Waals surface area contributed by atoms with Gasteiger partial charge in [-0.15, -0.1) is 0 Å². The van der Waals surface area contributed by atoms with Crippen molar-refractivity contribution in [1.82, 2.24) is 9.88 Å². The van der Waals surface area contributed by atoms with Gasteiger partial charge in [0.1, 0.15) is 0 Å². The lowest BCUT2D eigenvalue weighted by Gasteiger charge is -2.08. The van der Waals surface area contributed by atoms with Crippen LogP contribution in [-0.2, 0) is 13.1 Å². The van der Waals surface area contributed by atoms with Crippen molar-refractivity contribution in [3.8, 4) is 0 Å². The van der Waals surface area contributed by atoms with Gasteiger partial charge in [-0.25, -0.2) is 0 Å². The van der Waals surface area contributed by atoms with Crippen LogP contribution in [0.15, 0.2) is 30.5 Å². The second kappa shape index (κ2) is 6.05. The molecule has 0 radical (unpaired) electrons. The van der Waals surface area contributed by atoms with Crippen molar-refractivity contribution < 1.29 is 0 Å². The smallest absolute Gasteiger partial charge is 0.0483 e. The summed E-state index contributed by atoms with van der Waals surface area (Å²) >= 11 is 0. The third-order valence-electron chi connectivity index (χ3n) is 3.45. The van der Waals surface area contributed by atoms with E-state index in [4.69, 9.17) is 0 Å². The van der Waals surface area contributed by atoms with Crippen molar-refractivity contribution in [2.24, 2.45) is 5.92 Å². The molecule has 0 saturated carbocycles. The van der Waals surface area contributed by atoms with Gasteiger partial charge < -0.3 is 9.88 Å². The molecule has 0 unspecified atom stereocenters. The second-order valence-corrected chi connectivity index (χ2v) is 5.43. The second-order valence-electron chi connectivity index (χ2n) is 5.43. The first-order valence-corrected chi connectivity index (χ1v) is 6.93. The van der Waals surface area contributed by atoms with Gasteiger partial charge in [-0.3, -0.25) is 0 Å². The lowest BCUT2D eigenvalue weighted by molar-refractivity contribution is 0.518. The molecule has 98 valence electrons. The largest absolute Gasteiger partial charge is 0.347 e. The summed E-state index contributed by atoms with van der Waals surface area (Å²) in [5.41, 5.74) is 2.75. The molecule has 2 aromatic rings. The molecule has 0 bridgehead atoms. The van der Waals surface area contributed by atoms with E-state index in [0.29, 0.717) is 0 Å². The summed E-state index contributed by atoms with van der Waals surface area (Å²) in [4.78, 5) is 0. The molecule has 0 aliphatic carbocycles. The highest BCUT2D eigenvalue weighted by Crippen LogP contribution is 2.21. The number of nitrogens with one attached hydrogen (secondary N) is 1. The van der Waals surface area contributed by atoms with E-state index < -0.39 is 0 Å². The van der Waals surface area contributed by atoms with Crippen LogP contribution in [0.3, 0.4) is 0 Å². The summed E-state index contributed by atoms with van der Waals surface area (Å²) in [5.74, 6) is 0.798. The highest BCUT2D eigenvalue weighted by molar-refractivity contribution is 5.83. The average Bonchev–Trinajstić information content (AvgIpc) is 2.74. The molecule has 18 heavy (non-hydrogen) atoms. The van der Waals surface area contributed by atoms with Crippen LogP contribution >= 0.6 is 0 Å². The zero-order valence-corrected chi connectivity index (χ0v) is 11.7. The summed E-state index contributed by atoms with van der Waals surface area (Å²) in [6.07, 6.45) is 4.79. The molecule has 1 aromatic heterocycles. The highest BCUT2D eigenvalue weighted by Gasteiger charge is 2.05. The molecular weight excluding hydrogens is 220 g/mol. The van der Waals surface area contributed by atoms with Gasteiger partial charge in [0.25, 0.3) is 0 Å². The Balaban J connectivity index is 2.17. The minimum Gasteiger partial charge on any atom is -0.347 e. The Morgan fingerprint density at radius 1 is 1.22 bits per heavy atom. The molecule has 0 spiro atoms. The first kappa shape index (κ1) is 13.2. The summed E-state index contributed by atoms with van der Waals surface area (Å²) in [6, 6.07) is 8.84. The number of hydrogen-bond donors (Lipinski definition) is 1. The monoisotopic (exact) mass is 244 g/mol. The molecule has 1 N–H and O–H groups in total. The van der Waals surface area contributed by atoms with Crippen LogP contribution in [0.4, 0.5) is 0 Å². The molecular formula is C16H24N2. The van der Waals surface area contributed by atoms with Crippen molar-refractivity contribution in [3.63, 3.8) is 0 Å². The number of aromatic nitrogens is 1. The van der Waals surface area contributed by atoms with Gasteiger partial charge in [-0.2, -0.15) is 0 Å². The molecule has 0 amide bonds. The predicted molar refractivity (Wildman–Crippen MR) is 78.8 cm³/mol. The molecule has 1 aromatic carbocycles. The number of rotatable bonds is 6. The molecule has 2 heteroatoms. The summed E-state index contributed by atoms with van der Waals surface area (Å²) in [7, 11) is 2.00. The Kier molecular flexibility index (Phi) is 4.43. The molecule has 0 fully saturated rings. The van der Waals surface area contributed by atoms with Crippen molar-refractivity contribution in [3.05, 3.63) is 36.0 Å². The normalized spacial score (nSPS) is 11.6. The quantitative estimate of drug-likeness (QED) is 0.818. The number of nitrogens with zero attached hydrogens (tertiary/aromatic N) is 1. The van der Waals surface area contributed by atoms with Gasteiger partial charge >= 0.3 is 0 Å². The van der Waals surface area contributed by atoms with E-state index in [1.807, 2.05) is 7.05 Å². The van der Waals surface area contributed by atoms with Crippen molar-refractivity contribution >= 4 is 10.9 Å². The fraction of sp³-hybridized carbons (Fsp3) is 0.500. The van der Waals surface area contributed by atoms with Crippen LogP contribution in [0.1, 0.15) is 32.3 Å². The summed E-state index contributed by atoms with van der Waals surface area (Å²) in [6.45, 7) is 6.65. The maximum Gasteiger partial charge on any atom is 0.0483 e. The Bertz CT molecular complexity index is 497. The van der Waals surface area contributed by atoms with Crippen molar-refractivity contribution in [1.29, 1.82) is 0 Å². The minimum absolute atomic E-state index is 0.798. The van der Waals surface area contributed by atoms with E-state index in [-0.39, 0.29) is 0 Å². The number of aryl methyl sites for hydroxylation is 1. The molecule has 0 aliphatic rings. The van der Waals surface area contributed by atoms with Gasteiger partial charge in [0.2, 0.25) is 0 Å². The van der Waals surface area contributed by atoms with E-state index >= 15 is 0 Å². The van der Waals surface area contributed by atoms with Crippen LogP contribution < -0.4 is 5.32 Å². The van der Waals surface area contributed by atoms with Gasteiger partial charge in [0, 0.05) is 30.2 Å². The maximum atomic E-state index is 3.23. The van der Waals surface area contributed by atoms with E-state index in [1.165, 1.54) is 29.3 Å². The van der Waals surface area contributed by atoms with E-state index in [0.717, 1.165) is 19.0 Å². The van der Waals surface area contributed by atoms with Crippen LogP contribution in [0.5, 0.6) is 0 Å². The Hall–Kier alpha value is -1.28. The molecule has 2 rings (SSSR count). The lowest BCUT2D eigenvalue weighted by atomic mass is 10.1. The van der Waals surface area contributed by atoms with Gasteiger partial charge in [-0.1, -0.05) is 26.0 Å². The molecule has 1 heterocycles. The number of benzene rings is 1. The zero-order valence-electron chi connectivity index (χ0n) is 11.7. The predicted octanol–water partition coefficient (Wildman–Crippen LogP) is 3.80. The standard InChI is InChI=1S/C16H24N2/c1-13(2)6-5-10-18-11-9-15-14(12-17-3)7-4-8-16(15)18/h4,7-9,11,13,17H,5-6,10,12H2,1-3H3. The number of hydrogen-bond acceptors (Lipinski definition) is 1. The average molecular weight is 244 g/mol. The number of fused-ring (bicyclic) bond motifs is 1. The van der Waals surface area contributed by atoms with Crippen molar-refractivity contribution in [2.75, 3.05) is 7.05 Å². The van der Waals surface area contributed by atoms with Crippen LogP contribution in [0.25, 0.3) is 10.9 Å². The van der Waals surface area contributed by atoms with Gasteiger partial charge in [-0.05, 0) is 43.5 Å². The first-order valence-electron chi connectivity index (χ1n) is 6.93. The van der Waals surface area contributed by atoms with Gasteiger partial charge in [0.15, 0.2) is 0 Å². The Morgan fingerprint density at radius 3 is 2.78 bits per heavy atom. The fourth-order valence-corrected chi connectivity index (χ4v) is 2.50. The zero-order chi connectivity index (χ0) is 13.0. The lowest BCUT2D eigenvalue weighted by Crippen LogP contribution is -2.05. The molecule has 0 aliphatic heterocycles. The SMILES string of the molecule is CNCc1cccc2c1ccn2CCCC(C)C. The Labute approximate surface area is 110 Å². The third-order valence-corrected chi connectivity index (χ3v) is 3.45. The van der Waals surface area contributed by atoms with E-state index in [2.05, 4.69) is 54.2 Å². The highest BCUT2D eigenvalue weighted by atomic mass is 14.9. The fourth-order valence-electron chi connectivity index (χ4n) is 2.50. The third kappa shape index (κ3) is 2.94. The molecule has 0 saturated heterocycles. The summed E-state index contributed by atoms with van der Waals surface area (Å²) in [5, 5.41) is 4.62. The minimum atomic E-state index is 0.798. The summed E-state index contributed by atoms with van der Waals surface area (Å²) < 4.78 is 2.39. The van der Waals surface area contributed by atoms with E-state index in [9.17, 15) is 0 Å². The molecule has 2 nitrogen and oxygen atoms in total. The van der Waals surface area contributed by atoms with E-state index in [1.54, 1.807) is 0 Å². The van der Waals surface area contributed by atoms with Crippen LogP contribution in [0, 0.1) is 5.92 Å². The van der Waals surface area contributed by atoms with Crippen molar-refractivity contribution in [2.45, 2.75) is 39.8 Å².